The lowest BCUT2D eigenvalue weighted by atomic mass is 10.3. The first-order chi connectivity index (χ1) is 9.15. The van der Waals surface area contributed by atoms with Gasteiger partial charge in [0.05, 0.1) is 25.9 Å². The molecule has 0 fully saturated rings. The molecule has 0 aliphatic rings. The van der Waals surface area contributed by atoms with Crippen LogP contribution in [0.5, 0.6) is 0 Å². The van der Waals surface area contributed by atoms with Crippen molar-refractivity contribution in [2.24, 2.45) is 0 Å². The first-order valence-corrected chi connectivity index (χ1v) is 7.78. The lowest BCUT2D eigenvalue weighted by molar-refractivity contribution is 1.44. The normalized spacial score (nSPS) is 10.9. The van der Waals surface area contributed by atoms with Crippen LogP contribution in [-0.4, -0.2) is 4.98 Å². The first kappa shape index (κ1) is 13.2. The molecule has 1 heterocycles. The molecule has 3 aromatic rings. The molecule has 1 N–H and O–H groups in total. The summed E-state index contributed by atoms with van der Waals surface area (Å²) in [6.45, 7) is 0. The zero-order valence-electron chi connectivity index (χ0n) is 9.45. The van der Waals surface area contributed by atoms with Gasteiger partial charge in [-0.25, -0.2) is 4.98 Å². The summed E-state index contributed by atoms with van der Waals surface area (Å²) in [5.74, 6) is 0. The minimum absolute atomic E-state index is 0.482. The number of aromatic nitrogens is 1. The Kier molecular flexibility index (Phi) is 3.67. The van der Waals surface area contributed by atoms with E-state index in [2.05, 4.69) is 26.2 Å². The molecule has 0 aliphatic heterocycles. The number of hydrogen-bond donors (Lipinski definition) is 1. The molecule has 1 aromatic heterocycles. The van der Waals surface area contributed by atoms with Crippen LogP contribution >= 0.6 is 50.5 Å². The van der Waals surface area contributed by atoms with Gasteiger partial charge in [0.2, 0.25) is 0 Å². The molecule has 0 bridgehead atoms. The summed E-state index contributed by atoms with van der Waals surface area (Å²) in [7, 11) is 0. The van der Waals surface area contributed by atoms with Gasteiger partial charge >= 0.3 is 0 Å². The molecule has 0 unspecified atom stereocenters. The number of halogens is 3. The molecule has 0 radical (unpaired) electrons. The summed E-state index contributed by atoms with van der Waals surface area (Å²) < 4.78 is 1.90. The summed E-state index contributed by atoms with van der Waals surface area (Å²) in [5, 5.41) is 4.97. The third kappa shape index (κ3) is 2.58. The van der Waals surface area contributed by atoms with Crippen LogP contribution in [0.25, 0.3) is 10.2 Å². The number of para-hydroxylation sites is 1. The Balaban J connectivity index is 1.99. The van der Waals surface area contributed by atoms with Crippen LogP contribution < -0.4 is 5.32 Å². The second kappa shape index (κ2) is 5.29. The van der Waals surface area contributed by atoms with Gasteiger partial charge in [0.1, 0.15) is 0 Å². The fraction of sp³-hybridized carbons (Fsp3) is 0. The molecule has 2 nitrogen and oxygen atoms in total. The second-order valence-corrected chi connectivity index (χ2v) is 6.48. The van der Waals surface area contributed by atoms with Crippen molar-refractivity contribution < 1.29 is 0 Å². The molecule has 0 aliphatic carbocycles. The van der Waals surface area contributed by atoms with Crippen molar-refractivity contribution in [1.82, 2.24) is 4.98 Å². The molecule has 3 rings (SSSR count). The highest BCUT2D eigenvalue weighted by atomic mass is 79.9. The van der Waals surface area contributed by atoms with Gasteiger partial charge in [0.25, 0.3) is 0 Å². The highest BCUT2D eigenvalue weighted by Crippen LogP contribution is 2.38. The molecule has 0 spiro atoms. The summed E-state index contributed by atoms with van der Waals surface area (Å²) in [5.41, 5.74) is 1.71. The van der Waals surface area contributed by atoms with Gasteiger partial charge in [-0.1, -0.05) is 46.7 Å². The smallest absolute Gasteiger partial charge is 0.188 e. The molecule has 0 amide bonds. The molecule has 19 heavy (non-hydrogen) atoms. The van der Waals surface area contributed by atoms with Crippen LogP contribution in [0.1, 0.15) is 0 Å². The molecule has 96 valence electrons. The molecule has 6 heteroatoms. The Morgan fingerprint density at radius 3 is 2.63 bits per heavy atom. The van der Waals surface area contributed by atoms with Crippen LogP contribution in [0.3, 0.4) is 0 Å². The van der Waals surface area contributed by atoms with Gasteiger partial charge in [0, 0.05) is 4.47 Å². The van der Waals surface area contributed by atoms with E-state index in [0.717, 1.165) is 25.5 Å². The van der Waals surface area contributed by atoms with Crippen molar-refractivity contribution in [2.75, 3.05) is 5.32 Å². The van der Waals surface area contributed by atoms with Gasteiger partial charge in [-0.05, 0) is 40.2 Å². The lowest BCUT2D eigenvalue weighted by Crippen LogP contribution is -1.90. The van der Waals surface area contributed by atoms with Crippen LogP contribution in [0, 0.1) is 0 Å². The number of thiazole rings is 1. The van der Waals surface area contributed by atoms with Crippen LogP contribution in [-0.2, 0) is 0 Å². The topological polar surface area (TPSA) is 24.9 Å². The van der Waals surface area contributed by atoms with E-state index in [-0.39, 0.29) is 0 Å². The summed E-state index contributed by atoms with van der Waals surface area (Å²) >= 11 is 17.2. The van der Waals surface area contributed by atoms with E-state index >= 15 is 0 Å². The molecular formula is C13H7BrCl2N2S. The first-order valence-electron chi connectivity index (χ1n) is 5.41. The average Bonchev–Trinajstić information content (AvgIpc) is 2.82. The van der Waals surface area contributed by atoms with Crippen molar-refractivity contribution in [1.29, 1.82) is 0 Å². The van der Waals surface area contributed by atoms with Crippen molar-refractivity contribution in [2.45, 2.75) is 0 Å². The number of anilines is 2. The Hall–Kier alpha value is -0.810. The zero-order valence-corrected chi connectivity index (χ0v) is 13.4. The minimum atomic E-state index is 0.482. The molecule has 0 atom stereocenters. The molecular weight excluding hydrogens is 367 g/mol. The van der Waals surface area contributed by atoms with E-state index in [4.69, 9.17) is 23.2 Å². The van der Waals surface area contributed by atoms with E-state index in [1.165, 1.54) is 0 Å². The van der Waals surface area contributed by atoms with Crippen LogP contribution in [0.2, 0.25) is 10.0 Å². The number of nitrogens with zero attached hydrogens (tertiary/aromatic N) is 1. The Morgan fingerprint density at radius 2 is 1.84 bits per heavy atom. The number of hydrogen-bond acceptors (Lipinski definition) is 3. The average molecular weight is 374 g/mol. The standard InChI is InChI=1S/C13H7BrCl2N2S/c14-7-5-6-9(12(16)11(7)15)18-13-17-8-3-1-2-4-10(8)19-13/h1-6H,(H,17,18). The largest absolute Gasteiger partial charge is 0.330 e. The van der Waals surface area contributed by atoms with Crippen LogP contribution in [0.4, 0.5) is 10.8 Å². The maximum atomic E-state index is 6.20. The van der Waals surface area contributed by atoms with E-state index < -0.39 is 0 Å². The monoisotopic (exact) mass is 372 g/mol. The van der Waals surface area contributed by atoms with Crippen molar-refractivity contribution in [3.8, 4) is 0 Å². The number of fused-ring (bicyclic) bond motifs is 1. The highest BCUT2D eigenvalue weighted by molar-refractivity contribution is 9.10. The SMILES string of the molecule is Clc1c(Br)ccc(Nc2nc3ccccc3s2)c1Cl. The Morgan fingerprint density at radius 1 is 1.05 bits per heavy atom. The third-order valence-corrected chi connectivity index (χ3v) is 5.29. The van der Waals surface area contributed by atoms with Crippen molar-refractivity contribution >= 4 is 71.5 Å². The molecule has 0 saturated heterocycles. The molecule has 0 saturated carbocycles. The van der Waals surface area contributed by atoms with E-state index in [1.807, 2.05) is 36.4 Å². The fourth-order valence-corrected chi connectivity index (χ4v) is 3.36. The maximum Gasteiger partial charge on any atom is 0.188 e. The number of benzene rings is 2. The highest BCUT2D eigenvalue weighted by Gasteiger charge is 2.10. The second-order valence-electron chi connectivity index (χ2n) is 3.83. The lowest BCUT2D eigenvalue weighted by Gasteiger charge is -2.07. The predicted molar refractivity (Wildman–Crippen MR) is 87.1 cm³/mol. The minimum Gasteiger partial charge on any atom is -0.330 e. The fourth-order valence-electron chi connectivity index (χ4n) is 1.66. The third-order valence-electron chi connectivity index (χ3n) is 2.57. The van der Waals surface area contributed by atoms with E-state index in [1.54, 1.807) is 11.3 Å². The van der Waals surface area contributed by atoms with Gasteiger partial charge in [-0.2, -0.15) is 0 Å². The predicted octanol–water partition coefficient (Wildman–Crippen LogP) is 6.11. The van der Waals surface area contributed by atoms with E-state index in [9.17, 15) is 0 Å². The van der Waals surface area contributed by atoms with Gasteiger partial charge < -0.3 is 5.32 Å². The Bertz CT molecular complexity index is 724. The summed E-state index contributed by atoms with van der Waals surface area (Å²) in [6, 6.07) is 11.7. The number of rotatable bonds is 2. The van der Waals surface area contributed by atoms with Crippen LogP contribution in [0.15, 0.2) is 40.9 Å². The summed E-state index contributed by atoms with van der Waals surface area (Å²) in [4.78, 5) is 4.50. The molecule has 2 aromatic carbocycles. The van der Waals surface area contributed by atoms with Gasteiger partial charge in [-0.15, -0.1) is 0 Å². The van der Waals surface area contributed by atoms with Crippen molar-refractivity contribution in [3.05, 3.63) is 50.9 Å². The van der Waals surface area contributed by atoms with Gasteiger partial charge in [-0.3, -0.25) is 0 Å². The summed E-state index contributed by atoms with van der Waals surface area (Å²) in [6.07, 6.45) is 0. The zero-order chi connectivity index (χ0) is 13.4. The van der Waals surface area contributed by atoms with Crippen molar-refractivity contribution in [3.63, 3.8) is 0 Å². The number of nitrogens with one attached hydrogen (secondary N) is 1. The quantitative estimate of drug-likeness (QED) is 0.548. The van der Waals surface area contributed by atoms with Gasteiger partial charge in [0.15, 0.2) is 5.13 Å². The van der Waals surface area contributed by atoms with E-state index in [0.29, 0.717) is 10.0 Å². The Labute approximate surface area is 132 Å². The maximum absolute atomic E-state index is 6.20.